The van der Waals surface area contributed by atoms with Crippen molar-refractivity contribution in [3.63, 3.8) is 0 Å². The van der Waals surface area contributed by atoms with Crippen molar-refractivity contribution in [2.45, 2.75) is 25.3 Å². The molecular formula is C14H22N4O. The van der Waals surface area contributed by atoms with Gasteiger partial charge in [-0.3, -0.25) is 16.0 Å². The molecule has 0 aliphatic carbocycles. The summed E-state index contributed by atoms with van der Waals surface area (Å²) in [5.41, 5.74) is 5.13. The lowest BCUT2D eigenvalue weighted by Gasteiger charge is -2.14. The van der Waals surface area contributed by atoms with E-state index in [0.29, 0.717) is 0 Å². The molecule has 0 saturated carbocycles. The molecule has 0 fully saturated rings. The highest BCUT2D eigenvalue weighted by atomic mass is 16.5. The standard InChI is InChI=1S/C14H22N4O/c1-18-14-8-4-3-7-12(14)13(17-18)10-11(16-15)6-5-9-19-2/h3-4,7-8,11,16H,5-6,9-10,15H2,1-2H3. The number of aryl methyl sites for hydroxylation is 1. The summed E-state index contributed by atoms with van der Waals surface area (Å²) in [6, 6.07) is 8.50. The Morgan fingerprint density at radius 1 is 1.42 bits per heavy atom. The summed E-state index contributed by atoms with van der Waals surface area (Å²) in [7, 11) is 3.69. The molecule has 0 aliphatic rings. The van der Waals surface area contributed by atoms with Gasteiger partial charge in [-0.2, -0.15) is 5.10 Å². The van der Waals surface area contributed by atoms with Crippen LogP contribution in [0.2, 0.25) is 0 Å². The van der Waals surface area contributed by atoms with E-state index < -0.39 is 0 Å². The van der Waals surface area contributed by atoms with Crippen LogP contribution in [0.15, 0.2) is 24.3 Å². The average molecular weight is 262 g/mol. The van der Waals surface area contributed by atoms with Crippen LogP contribution in [0.1, 0.15) is 18.5 Å². The lowest BCUT2D eigenvalue weighted by molar-refractivity contribution is 0.188. The molecule has 104 valence electrons. The summed E-state index contributed by atoms with van der Waals surface area (Å²) in [5.74, 6) is 5.63. The fourth-order valence-corrected chi connectivity index (χ4v) is 2.39. The number of ether oxygens (including phenoxy) is 1. The van der Waals surface area contributed by atoms with Crippen LogP contribution in [-0.4, -0.2) is 29.5 Å². The van der Waals surface area contributed by atoms with Crippen molar-refractivity contribution in [2.75, 3.05) is 13.7 Å². The fraction of sp³-hybridized carbons (Fsp3) is 0.500. The van der Waals surface area contributed by atoms with Crippen LogP contribution in [0.3, 0.4) is 0 Å². The van der Waals surface area contributed by atoms with Gasteiger partial charge in [0.05, 0.1) is 11.2 Å². The molecule has 5 heteroatoms. The minimum absolute atomic E-state index is 0.230. The van der Waals surface area contributed by atoms with Crippen LogP contribution in [-0.2, 0) is 18.2 Å². The lowest BCUT2D eigenvalue weighted by atomic mass is 10.0. The van der Waals surface area contributed by atoms with Crippen molar-refractivity contribution in [3.05, 3.63) is 30.0 Å². The first kappa shape index (κ1) is 14.0. The summed E-state index contributed by atoms with van der Waals surface area (Å²) in [4.78, 5) is 0. The zero-order valence-corrected chi connectivity index (χ0v) is 11.6. The van der Waals surface area contributed by atoms with Gasteiger partial charge in [-0.05, 0) is 18.9 Å². The molecule has 1 heterocycles. The monoisotopic (exact) mass is 262 g/mol. The van der Waals surface area contributed by atoms with E-state index >= 15 is 0 Å². The van der Waals surface area contributed by atoms with Crippen molar-refractivity contribution >= 4 is 10.9 Å². The molecule has 2 rings (SSSR count). The Kier molecular flexibility index (Phi) is 4.90. The third-order valence-corrected chi connectivity index (χ3v) is 3.41. The van der Waals surface area contributed by atoms with Gasteiger partial charge >= 0.3 is 0 Å². The van der Waals surface area contributed by atoms with E-state index in [4.69, 9.17) is 10.6 Å². The Balaban J connectivity index is 2.11. The highest BCUT2D eigenvalue weighted by Crippen LogP contribution is 2.19. The van der Waals surface area contributed by atoms with Crippen LogP contribution < -0.4 is 11.3 Å². The molecule has 1 unspecified atom stereocenters. The number of benzene rings is 1. The van der Waals surface area contributed by atoms with Gasteiger partial charge in [0, 0.05) is 38.6 Å². The third-order valence-electron chi connectivity index (χ3n) is 3.41. The first-order valence-corrected chi connectivity index (χ1v) is 6.62. The van der Waals surface area contributed by atoms with Gasteiger partial charge in [-0.15, -0.1) is 0 Å². The van der Waals surface area contributed by atoms with Crippen molar-refractivity contribution in [1.29, 1.82) is 0 Å². The quantitative estimate of drug-likeness (QED) is 0.449. The molecule has 0 aliphatic heterocycles. The van der Waals surface area contributed by atoms with Crippen molar-refractivity contribution in [1.82, 2.24) is 15.2 Å². The Morgan fingerprint density at radius 2 is 2.21 bits per heavy atom. The van der Waals surface area contributed by atoms with E-state index in [0.717, 1.165) is 37.1 Å². The van der Waals surface area contributed by atoms with E-state index in [1.807, 2.05) is 23.9 Å². The third kappa shape index (κ3) is 3.32. The maximum Gasteiger partial charge on any atom is 0.0719 e. The van der Waals surface area contributed by atoms with Gasteiger partial charge in [-0.25, -0.2) is 0 Å². The average Bonchev–Trinajstić information content (AvgIpc) is 2.75. The summed E-state index contributed by atoms with van der Waals surface area (Å²) >= 11 is 0. The molecule has 1 atom stereocenters. The minimum Gasteiger partial charge on any atom is -0.385 e. The first-order valence-electron chi connectivity index (χ1n) is 6.62. The number of hydrogen-bond donors (Lipinski definition) is 2. The van der Waals surface area contributed by atoms with Gasteiger partial charge in [0.1, 0.15) is 0 Å². The van der Waals surface area contributed by atoms with Crippen LogP contribution in [0.4, 0.5) is 0 Å². The van der Waals surface area contributed by atoms with E-state index in [9.17, 15) is 0 Å². The van der Waals surface area contributed by atoms with Crippen LogP contribution in [0.5, 0.6) is 0 Å². The summed E-state index contributed by atoms with van der Waals surface area (Å²) in [6.07, 6.45) is 2.81. The second-order valence-electron chi connectivity index (χ2n) is 4.79. The highest BCUT2D eigenvalue weighted by Gasteiger charge is 2.13. The smallest absolute Gasteiger partial charge is 0.0719 e. The highest BCUT2D eigenvalue weighted by molar-refractivity contribution is 5.81. The number of hydrazine groups is 1. The Labute approximate surface area is 113 Å². The number of hydrogen-bond acceptors (Lipinski definition) is 4. The van der Waals surface area contributed by atoms with Gasteiger partial charge in [0.15, 0.2) is 0 Å². The number of nitrogens with one attached hydrogen (secondary N) is 1. The molecular weight excluding hydrogens is 240 g/mol. The lowest BCUT2D eigenvalue weighted by Crippen LogP contribution is -2.37. The number of para-hydroxylation sites is 1. The molecule has 0 saturated heterocycles. The van der Waals surface area contributed by atoms with Crippen molar-refractivity contribution in [2.24, 2.45) is 12.9 Å². The SMILES string of the molecule is COCCCC(Cc1nn(C)c2ccccc12)NN. The van der Waals surface area contributed by atoms with Crippen molar-refractivity contribution in [3.8, 4) is 0 Å². The summed E-state index contributed by atoms with van der Waals surface area (Å²) in [6.45, 7) is 0.765. The molecule has 19 heavy (non-hydrogen) atoms. The minimum atomic E-state index is 0.230. The van der Waals surface area contributed by atoms with E-state index in [1.165, 1.54) is 5.39 Å². The molecule has 1 aromatic heterocycles. The maximum absolute atomic E-state index is 5.63. The molecule has 0 radical (unpaired) electrons. The molecule has 5 nitrogen and oxygen atoms in total. The second kappa shape index (κ2) is 6.65. The van der Waals surface area contributed by atoms with E-state index in [-0.39, 0.29) is 6.04 Å². The molecule has 1 aromatic carbocycles. The Bertz CT molecular complexity index is 523. The number of nitrogens with zero attached hydrogens (tertiary/aromatic N) is 2. The summed E-state index contributed by atoms with van der Waals surface area (Å²) in [5, 5.41) is 5.80. The predicted molar refractivity (Wildman–Crippen MR) is 76.6 cm³/mol. The number of rotatable bonds is 7. The van der Waals surface area contributed by atoms with Crippen LogP contribution in [0, 0.1) is 0 Å². The van der Waals surface area contributed by atoms with Gasteiger partial charge < -0.3 is 4.74 Å². The molecule has 0 amide bonds. The molecule has 0 bridgehead atoms. The van der Waals surface area contributed by atoms with Crippen LogP contribution >= 0.6 is 0 Å². The fourth-order valence-electron chi connectivity index (χ4n) is 2.39. The largest absolute Gasteiger partial charge is 0.385 e. The normalized spacial score (nSPS) is 13.0. The number of methoxy groups -OCH3 is 1. The van der Waals surface area contributed by atoms with Gasteiger partial charge in [0.2, 0.25) is 0 Å². The topological polar surface area (TPSA) is 65.1 Å². The zero-order chi connectivity index (χ0) is 13.7. The number of nitrogens with two attached hydrogens (primary N) is 1. The summed E-state index contributed by atoms with van der Waals surface area (Å²) < 4.78 is 7.00. The molecule has 3 N–H and O–H groups in total. The first-order chi connectivity index (χ1) is 9.26. The Morgan fingerprint density at radius 3 is 2.95 bits per heavy atom. The predicted octanol–water partition coefficient (Wildman–Crippen LogP) is 1.37. The Hall–Kier alpha value is -1.43. The van der Waals surface area contributed by atoms with Gasteiger partial charge in [-0.1, -0.05) is 18.2 Å². The van der Waals surface area contributed by atoms with E-state index in [1.54, 1.807) is 7.11 Å². The van der Waals surface area contributed by atoms with Crippen LogP contribution in [0.25, 0.3) is 10.9 Å². The molecule has 0 spiro atoms. The second-order valence-corrected chi connectivity index (χ2v) is 4.79. The number of aromatic nitrogens is 2. The van der Waals surface area contributed by atoms with E-state index in [2.05, 4.69) is 22.7 Å². The molecule has 2 aromatic rings. The van der Waals surface area contributed by atoms with Crippen molar-refractivity contribution < 1.29 is 4.74 Å². The number of fused-ring (bicyclic) bond motifs is 1. The zero-order valence-electron chi connectivity index (χ0n) is 11.6. The maximum atomic E-state index is 5.63. The van der Waals surface area contributed by atoms with Gasteiger partial charge in [0.25, 0.3) is 0 Å².